The lowest BCUT2D eigenvalue weighted by Gasteiger charge is -2.23. The molecule has 0 radical (unpaired) electrons. The molecular formula is C22H28N2O3. The van der Waals surface area contributed by atoms with Crippen molar-refractivity contribution in [2.24, 2.45) is 0 Å². The van der Waals surface area contributed by atoms with E-state index < -0.39 is 0 Å². The van der Waals surface area contributed by atoms with E-state index in [1.165, 1.54) is 22.3 Å². The minimum Gasteiger partial charge on any atom is -0.456 e. The standard InChI is InChI=1S/C22H28N2O3/c1-14-10-15(2)20(16(3)11-14)12-19-6-7-21(27-19)22(26)24-9-8-18(13-24)23(5)17(4)25/h6-7,10-11,18H,8-9,12-13H2,1-5H3. The van der Waals surface area contributed by atoms with Gasteiger partial charge in [-0.2, -0.15) is 0 Å². The number of hydrogen-bond donors (Lipinski definition) is 0. The van der Waals surface area contributed by atoms with Crippen LogP contribution in [-0.2, 0) is 11.2 Å². The Morgan fingerprint density at radius 3 is 2.48 bits per heavy atom. The Morgan fingerprint density at radius 1 is 1.19 bits per heavy atom. The van der Waals surface area contributed by atoms with Crippen molar-refractivity contribution in [1.82, 2.24) is 9.80 Å². The highest BCUT2D eigenvalue weighted by Crippen LogP contribution is 2.23. The van der Waals surface area contributed by atoms with Crippen LogP contribution in [0.5, 0.6) is 0 Å². The van der Waals surface area contributed by atoms with Gasteiger partial charge in [0.1, 0.15) is 5.76 Å². The second kappa shape index (κ2) is 7.59. The molecule has 3 rings (SSSR count). The van der Waals surface area contributed by atoms with Crippen LogP contribution in [-0.4, -0.2) is 47.8 Å². The van der Waals surface area contributed by atoms with Crippen molar-refractivity contribution in [2.45, 2.75) is 46.6 Å². The monoisotopic (exact) mass is 368 g/mol. The van der Waals surface area contributed by atoms with E-state index in [-0.39, 0.29) is 17.9 Å². The number of carbonyl (C=O) groups is 2. The van der Waals surface area contributed by atoms with E-state index in [2.05, 4.69) is 32.9 Å². The number of amides is 2. The summed E-state index contributed by atoms with van der Waals surface area (Å²) in [4.78, 5) is 27.8. The van der Waals surface area contributed by atoms with Crippen LogP contribution in [0.2, 0.25) is 0 Å². The van der Waals surface area contributed by atoms with Gasteiger partial charge >= 0.3 is 0 Å². The molecule has 1 aliphatic rings. The lowest BCUT2D eigenvalue weighted by Crippen LogP contribution is -2.38. The molecule has 1 aromatic heterocycles. The van der Waals surface area contributed by atoms with Gasteiger partial charge < -0.3 is 14.2 Å². The summed E-state index contributed by atoms with van der Waals surface area (Å²) in [7, 11) is 1.79. The van der Waals surface area contributed by atoms with Gasteiger partial charge in [0.25, 0.3) is 5.91 Å². The average molecular weight is 368 g/mol. The zero-order valence-electron chi connectivity index (χ0n) is 16.8. The highest BCUT2D eigenvalue weighted by atomic mass is 16.4. The van der Waals surface area contributed by atoms with Gasteiger partial charge in [0.15, 0.2) is 5.76 Å². The predicted molar refractivity (Wildman–Crippen MR) is 105 cm³/mol. The zero-order valence-corrected chi connectivity index (χ0v) is 16.8. The number of hydrogen-bond acceptors (Lipinski definition) is 3. The maximum absolute atomic E-state index is 12.8. The van der Waals surface area contributed by atoms with E-state index in [4.69, 9.17) is 4.42 Å². The third-order valence-corrected chi connectivity index (χ3v) is 5.56. The molecule has 0 N–H and O–H groups in total. The molecule has 0 spiro atoms. The first-order chi connectivity index (χ1) is 12.8. The molecule has 5 nitrogen and oxygen atoms in total. The highest BCUT2D eigenvalue weighted by Gasteiger charge is 2.31. The Kier molecular flexibility index (Phi) is 5.40. The molecule has 0 bridgehead atoms. The van der Waals surface area contributed by atoms with E-state index in [9.17, 15) is 9.59 Å². The molecule has 144 valence electrons. The summed E-state index contributed by atoms with van der Waals surface area (Å²) in [6, 6.07) is 8.08. The Labute approximate surface area is 160 Å². The average Bonchev–Trinajstić information content (AvgIpc) is 3.26. The zero-order chi connectivity index (χ0) is 19.7. The molecule has 1 unspecified atom stereocenters. The number of likely N-dealkylation sites (N-methyl/N-ethyl adjacent to an activating group) is 1. The molecule has 0 aliphatic carbocycles. The van der Waals surface area contributed by atoms with E-state index in [0.29, 0.717) is 25.3 Å². The molecule has 27 heavy (non-hydrogen) atoms. The molecule has 5 heteroatoms. The Hall–Kier alpha value is -2.56. The first-order valence-electron chi connectivity index (χ1n) is 9.44. The number of rotatable bonds is 4. The van der Waals surface area contributed by atoms with E-state index in [1.807, 2.05) is 6.07 Å². The van der Waals surface area contributed by atoms with Crippen molar-refractivity contribution in [3.8, 4) is 0 Å². The number of furan rings is 1. The molecule has 0 saturated carbocycles. The Balaban J connectivity index is 1.69. The van der Waals surface area contributed by atoms with Crippen LogP contribution < -0.4 is 0 Å². The van der Waals surface area contributed by atoms with Crippen molar-refractivity contribution in [3.63, 3.8) is 0 Å². The molecule has 1 aliphatic heterocycles. The van der Waals surface area contributed by atoms with Crippen LogP contribution >= 0.6 is 0 Å². The van der Waals surface area contributed by atoms with E-state index >= 15 is 0 Å². The second-order valence-electron chi connectivity index (χ2n) is 7.64. The van der Waals surface area contributed by atoms with Gasteiger partial charge in [-0.3, -0.25) is 9.59 Å². The smallest absolute Gasteiger partial charge is 0.289 e. The van der Waals surface area contributed by atoms with Crippen LogP contribution in [0.1, 0.15) is 51.9 Å². The van der Waals surface area contributed by atoms with Crippen LogP contribution in [0.25, 0.3) is 0 Å². The first-order valence-corrected chi connectivity index (χ1v) is 9.44. The lowest BCUT2D eigenvalue weighted by molar-refractivity contribution is -0.129. The number of nitrogens with zero attached hydrogens (tertiary/aromatic N) is 2. The third-order valence-electron chi connectivity index (χ3n) is 5.56. The Morgan fingerprint density at radius 2 is 1.85 bits per heavy atom. The third kappa shape index (κ3) is 4.07. The first kappa shape index (κ1) is 19.2. The van der Waals surface area contributed by atoms with Gasteiger partial charge in [-0.25, -0.2) is 0 Å². The summed E-state index contributed by atoms with van der Waals surface area (Å²) in [5.41, 5.74) is 4.99. The van der Waals surface area contributed by atoms with Crippen LogP contribution in [0.3, 0.4) is 0 Å². The number of carbonyl (C=O) groups excluding carboxylic acids is 2. The fourth-order valence-electron chi connectivity index (χ4n) is 3.91. The summed E-state index contributed by atoms with van der Waals surface area (Å²) >= 11 is 0. The summed E-state index contributed by atoms with van der Waals surface area (Å²) < 4.78 is 5.87. The van der Waals surface area contributed by atoms with E-state index in [1.54, 1.807) is 29.8 Å². The second-order valence-corrected chi connectivity index (χ2v) is 7.64. The normalized spacial score (nSPS) is 16.6. The highest BCUT2D eigenvalue weighted by molar-refractivity contribution is 5.91. The van der Waals surface area contributed by atoms with E-state index in [0.717, 1.165) is 12.2 Å². The maximum atomic E-state index is 12.8. The van der Waals surface area contributed by atoms with Crippen molar-refractivity contribution in [2.75, 3.05) is 20.1 Å². The van der Waals surface area contributed by atoms with Crippen molar-refractivity contribution >= 4 is 11.8 Å². The summed E-state index contributed by atoms with van der Waals surface area (Å²) in [6.07, 6.45) is 1.48. The molecule has 1 aromatic carbocycles. The molecule has 2 amide bonds. The number of likely N-dealkylation sites (tertiary alicyclic amines) is 1. The minimum absolute atomic E-state index is 0.0263. The van der Waals surface area contributed by atoms with Gasteiger partial charge in [0, 0.05) is 33.5 Å². The molecule has 1 atom stereocenters. The van der Waals surface area contributed by atoms with Gasteiger partial charge in [-0.05, 0) is 56.0 Å². The largest absolute Gasteiger partial charge is 0.456 e. The number of benzene rings is 1. The molecule has 2 heterocycles. The fourth-order valence-corrected chi connectivity index (χ4v) is 3.91. The SMILES string of the molecule is CC(=O)N(C)C1CCN(C(=O)c2ccc(Cc3c(C)cc(C)cc3C)o2)C1. The van der Waals surface area contributed by atoms with Crippen molar-refractivity contribution in [1.29, 1.82) is 0 Å². The summed E-state index contributed by atoms with van der Waals surface area (Å²) in [6.45, 7) is 9.08. The van der Waals surface area contributed by atoms with Crippen LogP contribution in [0.4, 0.5) is 0 Å². The molecule has 1 saturated heterocycles. The topological polar surface area (TPSA) is 53.8 Å². The molecular weight excluding hydrogens is 340 g/mol. The van der Waals surface area contributed by atoms with Crippen LogP contribution in [0, 0.1) is 20.8 Å². The summed E-state index contributed by atoms with van der Waals surface area (Å²) in [5.74, 6) is 1.10. The van der Waals surface area contributed by atoms with Gasteiger partial charge in [0.2, 0.25) is 5.91 Å². The predicted octanol–water partition coefficient (Wildman–Crippen LogP) is 3.49. The van der Waals surface area contributed by atoms with Crippen molar-refractivity contribution in [3.05, 3.63) is 58.0 Å². The minimum atomic E-state index is -0.0990. The summed E-state index contributed by atoms with van der Waals surface area (Å²) in [5, 5.41) is 0. The van der Waals surface area contributed by atoms with Crippen LogP contribution in [0.15, 0.2) is 28.7 Å². The quantitative estimate of drug-likeness (QED) is 0.830. The lowest BCUT2D eigenvalue weighted by atomic mass is 9.97. The molecule has 2 aromatic rings. The number of aryl methyl sites for hydroxylation is 3. The Bertz CT molecular complexity index is 845. The van der Waals surface area contributed by atoms with Gasteiger partial charge in [-0.1, -0.05) is 17.7 Å². The van der Waals surface area contributed by atoms with Gasteiger partial charge in [0.05, 0.1) is 6.04 Å². The van der Waals surface area contributed by atoms with Crippen molar-refractivity contribution < 1.29 is 14.0 Å². The maximum Gasteiger partial charge on any atom is 0.289 e. The van der Waals surface area contributed by atoms with Gasteiger partial charge in [-0.15, -0.1) is 0 Å². The molecule has 1 fully saturated rings. The fraction of sp³-hybridized carbons (Fsp3) is 0.455.